The lowest BCUT2D eigenvalue weighted by atomic mass is 9.69. The number of anilines is 1. The van der Waals surface area contributed by atoms with E-state index in [0.717, 1.165) is 16.7 Å². The third-order valence-electron chi connectivity index (χ3n) is 5.87. The van der Waals surface area contributed by atoms with Crippen LogP contribution in [0.4, 0.5) is 5.69 Å². The van der Waals surface area contributed by atoms with Gasteiger partial charge in [0.25, 0.3) is 0 Å². The first-order chi connectivity index (χ1) is 16.2. The van der Waals surface area contributed by atoms with Crippen molar-refractivity contribution in [2.45, 2.75) is 11.8 Å². The summed E-state index contributed by atoms with van der Waals surface area (Å²) in [5.41, 5.74) is 2.64. The minimum absolute atomic E-state index is 0.115. The Labute approximate surface area is 194 Å². The minimum atomic E-state index is -0.933. The largest absolute Gasteiger partial charge is 0.493 e. The molecule has 33 heavy (non-hydrogen) atoms. The van der Waals surface area contributed by atoms with E-state index in [4.69, 9.17) is 9.47 Å². The highest BCUT2D eigenvalue weighted by Gasteiger charge is 2.42. The molecule has 166 valence electrons. The molecule has 0 aliphatic carbocycles. The summed E-state index contributed by atoms with van der Waals surface area (Å²) >= 11 is 0. The maximum absolute atomic E-state index is 14.2. The lowest BCUT2D eigenvalue weighted by Crippen LogP contribution is -2.43. The Morgan fingerprint density at radius 2 is 1.21 bits per heavy atom. The molecule has 0 aliphatic rings. The van der Waals surface area contributed by atoms with Crippen molar-refractivity contribution in [2.75, 3.05) is 19.5 Å². The van der Waals surface area contributed by atoms with E-state index in [1.54, 1.807) is 26.4 Å². The van der Waals surface area contributed by atoms with E-state index in [1.807, 2.05) is 84.9 Å². The Bertz CT molecular complexity index is 1150. The van der Waals surface area contributed by atoms with Gasteiger partial charge in [-0.05, 0) is 35.2 Å². The zero-order valence-corrected chi connectivity index (χ0v) is 18.8. The second kappa shape index (κ2) is 10.0. The van der Waals surface area contributed by atoms with Crippen LogP contribution in [-0.4, -0.2) is 20.1 Å². The first-order valence-corrected chi connectivity index (χ1v) is 10.9. The Morgan fingerprint density at radius 3 is 1.73 bits per heavy atom. The first-order valence-electron chi connectivity index (χ1n) is 10.9. The van der Waals surface area contributed by atoms with Gasteiger partial charge in [0, 0.05) is 11.8 Å². The van der Waals surface area contributed by atoms with Crippen LogP contribution >= 0.6 is 0 Å². The van der Waals surface area contributed by atoms with Crippen LogP contribution in [0, 0.1) is 0 Å². The molecule has 4 aromatic carbocycles. The molecule has 4 aromatic rings. The number of methoxy groups -OCH3 is 2. The summed E-state index contributed by atoms with van der Waals surface area (Å²) in [6, 6.07) is 35.4. The molecular formula is C29H27NO3. The molecule has 4 rings (SSSR count). The molecular weight excluding hydrogens is 410 g/mol. The zero-order valence-electron chi connectivity index (χ0n) is 18.8. The Morgan fingerprint density at radius 1 is 0.697 bits per heavy atom. The first kappa shape index (κ1) is 22.2. The second-order valence-electron chi connectivity index (χ2n) is 7.82. The number of nitrogens with one attached hydrogen (secondary N) is 1. The fraction of sp³-hybridized carbons (Fsp3) is 0.138. The Balaban J connectivity index is 1.85. The van der Waals surface area contributed by atoms with Crippen LogP contribution in [-0.2, 0) is 16.6 Å². The van der Waals surface area contributed by atoms with Crippen molar-refractivity contribution in [1.82, 2.24) is 0 Å². The van der Waals surface area contributed by atoms with Crippen molar-refractivity contribution in [3.63, 3.8) is 0 Å². The fourth-order valence-electron chi connectivity index (χ4n) is 4.21. The molecule has 0 saturated carbocycles. The molecule has 0 saturated heterocycles. The number of carbonyl (C=O) groups is 1. The zero-order chi connectivity index (χ0) is 23.1. The van der Waals surface area contributed by atoms with Gasteiger partial charge in [-0.15, -0.1) is 0 Å². The Hall–Kier alpha value is -4.05. The van der Waals surface area contributed by atoms with Gasteiger partial charge in [0.2, 0.25) is 5.91 Å². The highest BCUT2D eigenvalue weighted by molar-refractivity contribution is 6.02. The summed E-state index contributed by atoms with van der Waals surface area (Å²) in [7, 11) is 3.17. The monoisotopic (exact) mass is 437 g/mol. The molecule has 0 heterocycles. The average Bonchev–Trinajstić information content (AvgIpc) is 2.88. The highest BCUT2D eigenvalue weighted by atomic mass is 16.5. The minimum Gasteiger partial charge on any atom is -0.493 e. The maximum atomic E-state index is 14.2. The van der Waals surface area contributed by atoms with Crippen LogP contribution in [0.1, 0.15) is 16.7 Å². The number of ether oxygens (including phenoxy) is 2. The molecule has 0 spiro atoms. The lowest BCUT2D eigenvalue weighted by Gasteiger charge is -2.34. The van der Waals surface area contributed by atoms with Gasteiger partial charge in [-0.1, -0.05) is 91.0 Å². The van der Waals surface area contributed by atoms with E-state index < -0.39 is 5.41 Å². The van der Waals surface area contributed by atoms with E-state index in [0.29, 0.717) is 23.6 Å². The van der Waals surface area contributed by atoms with Gasteiger partial charge in [0.15, 0.2) is 11.5 Å². The molecule has 0 aliphatic heterocycles. The topological polar surface area (TPSA) is 47.6 Å². The van der Waals surface area contributed by atoms with Crippen LogP contribution in [0.15, 0.2) is 109 Å². The summed E-state index contributed by atoms with van der Waals surface area (Å²) in [5, 5.41) is 3.15. The highest BCUT2D eigenvalue weighted by Crippen LogP contribution is 2.38. The van der Waals surface area contributed by atoms with Gasteiger partial charge < -0.3 is 14.8 Å². The third kappa shape index (κ3) is 4.60. The molecule has 4 nitrogen and oxygen atoms in total. The van der Waals surface area contributed by atoms with Crippen molar-refractivity contribution in [3.05, 3.63) is 126 Å². The molecule has 1 amide bonds. The average molecular weight is 438 g/mol. The van der Waals surface area contributed by atoms with E-state index in [9.17, 15) is 4.79 Å². The van der Waals surface area contributed by atoms with Crippen molar-refractivity contribution in [2.24, 2.45) is 0 Å². The van der Waals surface area contributed by atoms with Crippen LogP contribution < -0.4 is 14.8 Å². The smallest absolute Gasteiger partial charge is 0.239 e. The summed E-state index contributed by atoms with van der Waals surface area (Å²) < 4.78 is 10.8. The lowest BCUT2D eigenvalue weighted by molar-refractivity contribution is -0.120. The Kier molecular flexibility index (Phi) is 6.75. The number of rotatable bonds is 8. The molecule has 0 radical (unpaired) electrons. The van der Waals surface area contributed by atoms with Crippen LogP contribution in [0.25, 0.3) is 0 Å². The van der Waals surface area contributed by atoms with Crippen LogP contribution in [0.3, 0.4) is 0 Å². The molecule has 0 aromatic heterocycles. The predicted molar refractivity (Wildman–Crippen MR) is 132 cm³/mol. The van der Waals surface area contributed by atoms with Crippen LogP contribution in [0.5, 0.6) is 11.5 Å². The van der Waals surface area contributed by atoms with Gasteiger partial charge in [-0.2, -0.15) is 0 Å². The SMILES string of the molecule is COc1ccc(NC(=O)C(Cc2ccccc2)(c2ccccc2)c2ccccc2)cc1OC. The number of benzene rings is 4. The predicted octanol–water partition coefficient (Wildman–Crippen LogP) is 5.87. The molecule has 0 unspecified atom stereocenters. The number of carbonyl (C=O) groups excluding carboxylic acids is 1. The van der Waals surface area contributed by atoms with Gasteiger partial charge in [-0.25, -0.2) is 0 Å². The van der Waals surface area contributed by atoms with Crippen LogP contribution in [0.2, 0.25) is 0 Å². The second-order valence-corrected chi connectivity index (χ2v) is 7.82. The number of hydrogen-bond donors (Lipinski definition) is 1. The third-order valence-corrected chi connectivity index (χ3v) is 5.87. The van der Waals surface area contributed by atoms with Gasteiger partial charge in [0.1, 0.15) is 5.41 Å². The van der Waals surface area contributed by atoms with Gasteiger partial charge >= 0.3 is 0 Å². The van der Waals surface area contributed by atoms with E-state index in [-0.39, 0.29) is 5.91 Å². The van der Waals surface area contributed by atoms with Gasteiger partial charge in [0.05, 0.1) is 14.2 Å². The summed E-state index contributed by atoms with van der Waals surface area (Å²) in [4.78, 5) is 14.2. The number of amides is 1. The molecule has 4 heteroatoms. The van der Waals surface area contributed by atoms with E-state index in [2.05, 4.69) is 17.4 Å². The molecule has 1 N–H and O–H groups in total. The fourth-order valence-corrected chi connectivity index (χ4v) is 4.21. The molecule has 0 fully saturated rings. The van der Waals surface area contributed by atoms with Crippen molar-refractivity contribution in [3.8, 4) is 11.5 Å². The van der Waals surface area contributed by atoms with E-state index >= 15 is 0 Å². The van der Waals surface area contributed by atoms with Crippen molar-refractivity contribution < 1.29 is 14.3 Å². The molecule has 0 atom stereocenters. The maximum Gasteiger partial charge on any atom is 0.239 e. The standard InChI is InChI=1S/C29H27NO3/c1-32-26-19-18-25(20-27(26)33-2)30-28(31)29(23-14-8-4-9-15-23,24-16-10-5-11-17-24)21-22-12-6-3-7-13-22/h3-20H,21H2,1-2H3,(H,30,31). The quantitative estimate of drug-likeness (QED) is 0.375. The van der Waals surface area contributed by atoms with Crippen molar-refractivity contribution in [1.29, 1.82) is 0 Å². The van der Waals surface area contributed by atoms with E-state index in [1.165, 1.54) is 0 Å². The summed E-state index contributed by atoms with van der Waals surface area (Å²) in [5.74, 6) is 1.05. The normalized spacial score (nSPS) is 11.0. The summed E-state index contributed by atoms with van der Waals surface area (Å²) in [6.45, 7) is 0. The number of hydrogen-bond acceptors (Lipinski definition) is 3. The van der Waals surface area contributed by atoms with Gasteiger partial charge in [-0.3, -0.25) is 4.79 Å². The van der Waals surface area contributed by atoms with Crippen molar-refractivity contribution >= 4 is 11.6 Å². The molecule has 0 bridgehead atoms. The summed E-state index contributed by atoms with van der Waals surface area (Å²) in [6.07, 6.45) is 0.515.